The van der Waals surface area contributed by atoms with E-state index in [0.717, 1.165) is 16.8 Å². The second-order valence-corrected chi connectivity index (χ2v) is 8.62. The van der Waals surface area contributed by atoms with E-state index in [1.807, 2.05) is 37.3 Å². The minimum atomic E-state index is -0.448. The molecule has 0 radical (unpaired) electrons. The first-order valence-electron chi connectivity index (χ1n) is 10.7. The molecule has 2 aliphatic rings. The highest BCUT2D eigenvalue weighted by molar-refractivity contribution is 9.10. The van der Waals surface area contributed by atoms with Gasteiger partial charge in [-0.15, -0.1) is 0 Å². The quantitative estimate of drug-likeness (QED) is 0.462. The van der Waals surface area contributed by atoms with Gasteiger partial charge in [-0.25, -0.2) is 4.39 Å². The molecule has 2 heterocycles. The van der Waals surface area contributed by atoms with Crippen molar-refractivity contribution in [2.45, 2.75) is 25.6 Å². The van der Waals surface area contributed by atoms with Crippen LogP contribution in [0, 0.1) is 5.82 Å². The molecule has 0 bridgehead atoms. The molecule has 0 unspecified atom stereocenters. The SMILES string of the molecule is CCOc1cccc([C@H]2CC(c3ccc4c(c3)OCO4)=N[C@H](c3ccc(F)c(Br)c3)N2)c1O. The van der Waals surface area contributed by atoms with Crippen molar-refractivity contribution in [2.24, 2.45) is 4.99 Å². The summed E-state index contributed by atoms with van der Waals surface area (Å²) in [6.45, 7) is 2.52. The lowest BCUT2D eigenvalue weighted by Gasteiger charge is -2.31. The number of aromatic hydroxyl groups is 1. The van der Waals surface area contributed by atoms with Crippen molar-refractivity contribution in [2.75, 3.05) is 13.4 Å². The first-order chi connectivity index (χ1) is 16.0. The number of phenolic OH excluding ortho intramolecular Hbond substituents is 1. The lowest BCUT2D eigenvalue weighted by Crippen LogP contribution is -2.33. The van der Waals surface area contributed by atoms with Crippen molar-refractivity contribution in [3.63, 3.8) is 0 Å². The fraction of sp³-hybridized carbons (Fsp3) is 0.240. The Morgan fingerprint density at radius 2 is 2.00 bits per heavy atom. The van der Waals surface area contributed by atoms with Crippen LogP contribution in [0.2, 0.25) is 0 Å². The predicted molar refractivity (Wildman–Crippen MR) is 126 cm³/mol. The van der Waals surface area contributed by atoms with Crippen LogP contribution in [0.4, 0.5) is 4.39 Å². The molecule has 33 heavy (non-hydrogen) atoms. The normalized spacial score (nSPS) is 19.3. The molecule has 8 heteroatoms. The number of nitrogens with zero attached hydrogens (tertiary/aromatic N) is 1. The molecule has 0 fully saturated rings. The Kier molecular flexibility index (Phi) is 5.95. The molecule has 2 atom stereocenters. The van der Waals surface area contributed by atoms with Gasteiger partial charge in [-0.2, -0.15) is 0 Å². The number of ether oxygens (including phenoxy) is 3. The molecule has 0 saturated carbocycles. The fourth-order valence-corrected chi connectivity index (χ4v) is 4.50. The standard InChI is InChI=1S/C25H22BrFN2O4/c1-2-31-22-5-3-4-16(24(22)30)20-12-19(14-7-9-21-23(11-14)33-13-32-21)28-25(29-20)15-6-8-18(27)17(26)10-15/h3-11,20,25,29-30H,2,12-13H2,1H3/t20-,25+/m1/s1. The Balaban J connectivity index is 1.56. The maximum atomic E-state index is 13.9. The van der Waals surface area contributed by atoms with Crippen molar-refractivity contribution in [3.05, 3.63) is 81.6 Å². The number of hydrogen-bond acceptors (Lipinski definition) is 6. The zero-order valence-electron chi connectivity index (χ0n) is 17.8. The maximum absolute atomic E-state index is 13.9. The maximum Gasteiger partial charge on any atom is 0.231 e. The van der Waals surface area contributed by atoms with Crippen molar-refractivity contribution >= 4 is 21.6 Å². The third kappa shape index (κ3) is 4.28. The summed E-state index contributed by atoms with van der Waals surface area (Å²) >= 11 is 3.27. The van der Waals surface area contributed by atoms with Crippen LogP contribution in [-0.4, -0.2) is 24.2 Å². The van der Waals surface area contributed by atoms with Crippen molar-refractivity contribution in [1.29, 1.82) is 0 Å². The number of fused-ring (bicyclic) bond motifs is 1. The average Bonchev–Trinajstić information content (AvgIpc) is 3.30. The molecule has 2 aliphatic heterocycles. The van der Waals surface area contributed by atoms with E-state index in [9.17, 15) is 9.50 Å². The molecular weight excluding hydrogens is 491 g/mol. The number of nitrogens with one attached hydrogen (secondary N) is 1. The largest absolute Gasteiger partial charge is 0.504 e. The molecule has 2 N–H and O–H groups in total. The Morgan fingerprint density at radius 1 is 1.15 bits per heavy atom. The second kappa shape index (κ2) is 9.03. The van der Waals surface area contributed by atoms with E-state index in [1.54, 1.807) is 18.2 Å². The van der Waals surface area contributed by atoms with Crippen LogP contribution < -0.4 is 19.5 Å². The number of benzene rings is 3. The zero-order chi connectivity index (χ0) is 22.9. The number of hydrogen-bond donors (Lipinski definition) is 2. The monoisotopic (exact) mass is 512 g/mol. The first kappa shape index (κ1) is 21.7. The second-order valence-electron chi connectivity index (χ2n) is 7.77. The van der Waals surface area contributed by atoms with Crippen LogP contribution in [-0.2, 0) is 0 Å². The van der Waals surface area contributed by atoms with Crippen LogP contribution in [0.15, 0.2) is 64.1 Å². The number of para-hydroxylation sites is 1. The van der Waals surface area contributed by atoms with Crippen molar-refractivity contribution < 1.29 is 23.7 Å². The summed E-state index contributed by atoms with van der Waals surface area (Å²) in [4.78, 5) is 4.94. The van der Waals surface area contributed by atoms with Gasteiger partial charge in [0.2, 0.25) is 6.79 Å². The molecule has 0 aliphatic carbocycles. The molecule has 0 aromatic heterocycles. The van der Waals surface area contributed by atoms with Crippen molar-refractivity contribution in [1.82, 2.24) is 5.32 Å². The Hall–Kier alpha value is -3.10. The average molecular weight is 513 g/mol. The molecule has 6 nitrogen and oxygen atoms in total. The third-order valence-corrected chi connectivity index (χ3v) is 6.32. The van der Waals surface area contributed by atoms with Gasteiger partial charge >= 0.3 is 0 Å². The number of phenols is 1. The molecule has 5 rings (SSSR count). The topological polar surface area (TPSA) is 72.3 Å². The minimum absolute atomic E-state index is 0.0998. The van der Waals surface area contributed by atoms with Gasteiger partial charge < -0.3 is 19.3 Å². The van der Waals surface area contributed by atoms with Gasteiger partial charge in [-0.05, 0) is 70.4 Å². The van der Waals surface area contributed by atoms with E-state index in [1.165, 1.54) is 6.07 Å². The zero-order valence-corrected chi connectivity index (χ0v) is 19.4. The van der Waals surface area contributed by atoms with Gasteiger partial charge in [0.05, 0.1) is 11.1 Å². The van der Waals surface area contributed by atoms with E-state index >= 15 is 0 Å². The lowest BCUT2D eigenvalue weighted by atomic mass is 9.93. The van der Waals surface area contributed by atoms with Crippen LogP contribution in [0.3, 0.4) is 0 Å². The predicted octanol–water partition coefficient (Wildman–Crippen LogP) is 5.64. The molecule has 0 saturated heterocycles. The summed E-state index contributed by atoms with van der Waals surface area (Å²) in [7, 11) is 0. The van der Waals surface area contributed by atoms with Gasteiger partial charge in [0.1, 0.15) is 12.0 Å². The lowest BCUT2D eigenvalue weighted by molar-refractivity contribution is 0.174. The number of halogens is 2. The van der Waals surface area contributed by atoms with Crippen molar-refractivity contribution in [3.8, 4) is 23.0 Å². The summed E-state index contributed by atoms with van der Waals surface area (Å²) < 4.78 is 30.8. The smallest absolute Gasteiger partial charge is 0.231 e. The summed E-state index contributed by atoms with van der Waals surface area (Å²) in [6, 6.07) is 15.8. The molecule has 0 amide bonds. The van der Waals surface area contributed by atoms with Gasteiger partial charge in [-0.3, -0.25) is 10.3 Å². The summed E-state index contributed by atoms with van der Waals surface area (Å²) in [5, 5.41) is 14.4. The Labute approximate surface area is 199 Å². The highest BCUT2D eigenvalue weighted by atomic mass is 79.9. The van der Waals surface area contributed by atoms with Crippen LogP contribution in [0.25, 0.3) is 0 Å². The fourth-order valence-electron chi connectivity index (χ4n) is 4.10. The van der Waals surface area contributed by atoms with Gasteiger partial charge in [0.15, 0.2) is 23.0 Å². The van der Waals surface area contributed by atoms with E-state index < -0.39 is 6.17 Å². The van der Waals surface area contributed by atoms with E-state index in [4.69, 9.17) is 19.2 Å². The number of aliphatic imine (C=N–C) groups is 1. The molecule has 170 valence electrons. The first-order valence-corrected chi connectivity index (χ1v) is 11.4. The molecule has 3 aromatic rings. The Morgan fingerprint density at radius 3 is 2.82 bits per heavy atom. The Bertz CT molecular complexity index is 1230. The van der Waals surface area contributed by atoms with E-state index in [0.29, 0.717) is 40.3 Å². The summed E-state index contributed by atoms with van der Waals surface area (Å²) in [5.41, 5.74) is 3.24. The van der Waals surface area contributed by atoms with E-state index in [-0.39, 0.29) is 24.4 Å². The van der Waals surface area contributed by atoms with Gasteiger partial charge in [0, 0.05) is 23.7 Å². The van der Waals surface area contributed by atoms with Crippen LogP contribution in [0.1, 0.15) is 42.2 Å². The molecule has 0 spiro atoms. The van der Waals surface area contributed by atoms with Crippen LogP contribution in [0.5, 0.6) is 23.0 Å². The highest BCUT2D eigenvalue weighted by Gasteiger charge is 2.29. The van der Waals surface area contributed by atoms with Crippen LogP contribution >= 0.6 is 15.9 Å². The number of rotatable bonds is 5. The van der Waals surface area contributed by atoms with Gasteiger partial charge in [0.25, 0.3) is 0 Å². The van der Waals surface area contributed by atoms with E-state index in [2.05, 4.69) is 21.2 Å². The minimum Gasteiger partial charge on any atom is -0.504 e. The molecular formula is C25H22BrFN2O4. The summed E-state index contributed by atoms with van der Waals surface area (Å²) in [5.74, 6) is 1.57. The summed E-state index contributed by atoms with van der Waals surface area (Å²) in [6.07, 6.45) is 0.0815. The third-order valence-electron chi connectivity index (χ3n) is 5.71. The molecule has 3 aromatic carbocycles. The van der Waals surface area contributed by atoms with Gasteiger partial charge in [-0.1, -0.05) is 18.2 Å². The highest BCUT2D eigenvalue weighted by Crippen LogP contribution is 2.40.